The van der Waals surface area contributed by atoms with Crippen molar-refractivity contribution in [3.05, 3.63) is 62.6 Å². The van der Waals surface area contributed by atoms with Crippen LogP contribution in [0.3, 0.4) is 0 Å². The minimum absolute atomic E-state index is 0.0132. The zero-order valence-corrected chi connectivity index (χ0v) is 23.6. The number of benzene rings is 2. The summed E-state index contributed by atoms with van der Waals surface area (Å²) in [6.45, 7) is 8.54. The molecular formula is C24H30Cl3N3O4S. The molecule has 2 aromatic carbocycles. The van der Waals surface area contributed by atoms with Crippen molar-refractivity contribution in [3.8, 4) is 0 Å². The van der Waals surface area contributed by atoms with Gasteiger partial charge in [-0.2, -0.15) is 0 Å². The van der Waals surface area contributed by atoms with Gasteiger partial charge in [0.15, 0.2) is 0 Å². The Hall–Kier alpha value is -2.00. The van der Waals surface area contributed by atoms with Crippen LogP contribution >= 0.6 is 34.8 Å². The predicted molar refractivity (Wildman–Crippen MR) is 143 cm³/mol. The van der Waals surface area contributed by atoms with Crippen LogP contribution in [0.4, 0.5) is 5.69 Å². The molecule has 0 spiro atoms. The molecule has 2 rings (SSSR count). The molecule has 35 heavy (non-hydrogen) atoms. The van der Waals surface area contributed by atoms with Crippen molar-refractivity contribution in [1.29, 1.82) is 0 Å². The second-order valence-corrected chi connectivity index (χ2v) is 12.5. The second-order valence-electron chi connectivity index (χ2n) is 9.41. The van der Waals surface area contributed by atoms with Gasteiger partial charge in [-0.3, -0.25) is 13.9 Å². The zero-order chi connectivity index (χ0) is 26.7. The standard InChI is InChI=1S/C24H30Cl3N3O4S/c1-15-8-7-9-17(10-15)13-29(16(2)23(32)28-24(3,4)5)22(31)14-30(35(6,33)34)21-12-19(26)18(25)11-20(21)27/h7-12,16H,13-14H2,1-6H3,(H,28,32)/t16-/m1/s1. The van der Waals surface area contributed by atoms with E-state index in [1.165, 1.54) is 17.0 Å². The highest BCUT2D eigenvalue weighted by atomic mass is 35.5. The molecule has 0 saturated carbocycles. The van der Waals surface area contributed by atoms with E-state index >= 15 is 0 Å². The number of carbonyl (C=O) groups is 2. The zero-order valence-electron chi connectivity index (χ0n) is 20.5. The lowest BCUT2D eigenvalue weighted by Crippen LogP contribution is -2.54. The Labute approximate surface area is 222 Å². The molecule has 7 nitrogen and oxygen atoms in total. The average Bonchev–Trinajstić information content (AvgIpc) is 2.70. The van der Waals surface area contributed by atoms with Gasteiger partial charge in [0.2, 0.25) is 21.8 Å². The molecule has 0 aliphatic carbocycles. The number of nitrogens with one attached hydrogen (secondary N) is 1. The van der Waals surface area contributed by atoms with Gasteiger partial charge >= 0.3 is 0 Å². The third kappa shape index (κ3) is 8.27. The number of nitrogens with zero attached hydrogens (tertiary/aromatic N) is 2. The number of carbonyl (C=O) groups excluding carboxylic acids is 2. The third-order valence-electron chi connectivity index (χ3n) is 5.04. The van der Waals surface area contributed by atoms with Gasteiger partial charge in [0.1, 0.15) is 12.6 Å². The van der Waals surface area contributed by atoms with Gasteiger partial charge in [-0.25, -0.2) is 8.42 Å². The summed E-state index contributed by atoms with van der Waals surface area (Å²) < 4.78 is 26.2. The van der Waals surface area contributed by atoms with Crippen LogP contribution in [0.15, 0.2) is 36.4 Å². The largest absolute Gasteiger partial charge is 0.350 e. The van der Waals surface area contributed by atoms with Gasteiger partial charge in [-0.05, 0) is 52.3 Å². The van der Waals surface area contributed by atoms with Crippen LogP contribution in [0.1, 0.15) is 38.8 Å². The topological polar surface area (TPSA) is 86.8 Å². The van der Waals surface area contributed by atoms with E-state index in [2.05, 4.69) is 5.32 Å². The van der Waals surface area contributed by atoms with Crippen LogP contribution in [0, 0.1) is 6.92 Å². The monoisotopic (exact) mass is 561 g/mol. The summed E-state index contributed by atoms with van der Waals surface area (Å²) in [4.78, 5) is 27.9. The van der Waals surface area contributed by atoms with Crippen molar-refractivity contribution < 1.29 is 18.0 Å². The number of aryl methyl sites for hydroxylation is 1. The number of hydrogen-bond donors (Lipinski definition) is 1. The first-order valence-electron chi connectivity index (χ1n) is 10.8. The van der Waals surface area contributed by atoms with E-state index in [9.17, 15) is 18.0 Å². The van der Waals surface area contributed by atoms with Crippen LogP contribution in [0.25, 0.3) is 0 Å². The number of rotatable bonds is 8. The fourth-order valence-electron chi connectivity index (χ4n) is 3.36. The maximum Gasteiger partial charge on any atom is 0.244 e. The van der Waals surface area contributed by atoms with E-state index in [-0.39, 0.29) is 33.2 Å². The lowest BCUT2D eigenvalue weighted by molar-refractivity contribution is -0.140. The van der Waals surface area contributed by atoms with Crippen LogP contribution in [-0.4, -0.2) is 49.5 Å². The highest BCUT2D eigenvalue weighted by Crippen LogP contribution is 2.35. The molecule has 0 aliphatic heterocycles. The second kappa shape index (κ2) is 11.4. The summed E-state index contributed by atoms with van der Waals surface area (Å²) in [7, 11) is -3.95. The number of halogens is 3. The number of anilines is 1. The highest BCUT2D eigenvalue weighted by molar-refractivity contribution is 7.92. The molecule has 0 heterocycles. The maximum absolute atomic E-state index is 13.6. The summed E-state index contributed by atoms with van der Waals surface area (Å²) in [5, 5.41) is 3.12. The van der Waals surface area contributed by atoms with Crippen molar-refractivity contribution in [1.82, 2.24) is 10.2 Å². The maximum atomic E-state index is 13.6. The molecule has 0 saturated heterocycles. The Kier molecular flexibility index (Phi) is 9.50. The molecule has 0 aliphatic rings. The average molecular weight is 563 g/mol. The SMILES string of the molecule is Cc1cccc(CN(C(=O)CN(c2cc(Cl)c(Cl)cc2Cl)S(C)(=O)=O)[C@H](C)C(=O)NC(C)(C)C)c1. The predicted octanol–water partition coefficient (Wildman–Crippen LogP) is 5.05. The first-order chi connectivity index (χ1) is 16.0. The Morgan fingerprint density at radius 2 is 1.63 bits per heavy atom. The van der Waals surface area contributed by atoms with Crippen LogP contribution < -0.4 is 9.62 Å². The summed E-state index contributed by atoms with van der Waals surface area (Å²) in [6.07, 6.45) is 0.958. The first kappa shape index (κ1) is 29.2. The summed E-state index contributed by atoms with van der Waals surface area (Å²) in [5.74, 6) is -0.951. The molecule has 2 aromatic rings. The van der Waals surface area contributed by atoms with E-state index in [4.69, 9.17) is 34.8 Å². The molecule has 0 bridgehead atoms. The molecule has 2 amide bonds. The summed E-state index contributed by atoms with van der Waals surface area (Å²) >= 11 is 18.3. The third-order valence-corrected chi connectivity index (χ3v) is 7.19. The molecule has 11 heteroatoms. The minimum Gasteiger partial charge on any atom is -0.350 e. The molecule has 0 radical (unpaired) electrons. The van der Waals surface area contributed by atoms with Crippen molar-refractivity contribution in [2.75, 3.05) is 17.1 Å². The van der Waals surface area contributed by atoms with Crippen molar-refractivity contribution in [2.45, 2.75) is 52.7 Å². The number of sulfonamides is 1. The molecule has 0 unspecified atom stereocenters. The van der Waals surface area contributed by atoms with Gasteiger partial charge in [0.25, 0.3) is 0 Å². The first-order valence-corrected chi connectivity index (χ1v) is 13.8. The van der Waals surface area contributed by atoms with Gasteiger partial charge in [-0.15, -0.1) is 0 Å². The lowest BCUT2D eigenvalue weighted by Gasteiger charge is -2.33. The lowest BCUT2D eigenvalue weighted by atomic mass is 10.1. The fraction of sp³-hybridized carbons (Fsp3) is 0.417. The molecule has 1 N–H and O–H groups in total. The fourth-order valence-corrected chi connectivity index (χ4v) is 4.91. The van der Waals surface area contributed by atoms with Gasteiger partial charge < -0.3 is 10.2 Å². The number of amides is 2. The van der Waals surface area contributed by atoms with E-state index in [0.29, 0.717) is 0 Å². The van der Waals surface area contributed by atoms with Crippen molar-refractivity contribution in [2.24, 2.45) is 0 Å². The smallest absolute Gasteiger partial charge is 0.244 e. The van der Waals surface area contributed by atoms with E-state index in [1.54, 1.807) is 6.92 Å². The molecule has 192 valence electrons. The van der Waals surface area contributed by atoms with Gasteiger partial charge in [0.05, 0.1) is 27.0 Å². The van der Waals surface area contributed by atoms with Crippen LogP contribution in [-0.2, 0) is 26.2 Å². The Bertz CT molecular complexity index is 1210. The van der Waals surface area contributed by atoms with E-state index in [1.807, 2.05) is 52.0 Å². The Morgan fingerprint density at radius 3 is 2.17 bits per heavy atom. The van der Waals surface area contributed by atoms with Crippen LogP contribution in [0.5, 0.6) is 0 Å². The molecule has 1 atom stereocenters. The van der Waals surface area contributed by atoms with Crippen molar-refractivity contribution in [3.63, 3.8) is 0 Å². The van der Waals surface area contributed by atoms with Crippen LogP contribution in [0.2, 0.25) is 15.1 Å². The summed E-state index contributed by atoms with van der Waals surface area (Å²) in [6, 6.07) is 9.24. The quantitative estimate of drug-likeness (QED) is 0.456. The van der Waals surface area contributed by atoms with Gasteiger partial charge in [0, 0.05) is 12.1 Å². The van der Waals surface area contributed by atoms with E-state index < -0.39 is 34.1 Å². The van der Waals surface area contributed by atoms with E-state index in [0.717, 1.165) is 21.7 Å². The minimum atomic E-state index is -3.95. The normalized spacial score (nSPS) is 12.7. The molecule has 0 aromatic heterocycles. The summed E-state index contributed by atoms with van der Waals surface area (Å²) in [5.41, 5.74) is 1.28. The highest BCUT2D eigenvalue weighted by Gasteiger charge is 2.32. The Balaban J connectivity index is 2.48. The molecular weight excluding hydrogens is 533 g/mol. The van der Waals surface area contributed by atoms with Crippen molar-refractivity contribution >= 4 is 62.3 Å². The number of hydrogen-bond acceptors (Lipinski definition) is 4. The molecule has 0 fully saturated rings. The van der Waals surface area contributed by atoms with Gasteiger partial charge in [-0.1, -0.05) is 64.6 Å². The Morgan fingerprint density at radius 1 is 1.03 bits per heavy atom.